The molecule has 0 saturated heterocycles. The van der Waals surface area contributed by atoms with E-state index in [1.807, 2.05) is 0 Å². The van der Waals surface area contributed by atoms with Crippen molar-refractivity contribution >= 4 is 12.0 Å². The summed E-state index contributed by atoms with van der Waals surface area (Å²) in [6.45, 7) is 3.63. The molecule has 0 atom stereocenters. The van der Waals surface area contributed by atoms with Gasteiger partial charge in [-0.1, -0.05) is 0 Å². The third-order valence-corrected chi connectivity index (χ3v) is 2.76. The largest absolute Gasteiger partial charge is 0.486 e. The normalized spacial score (nSPS) is 11.0. The van der Waals surface area contributed by atoms with Gasteiger partial charge in [0.15, 0.2) is 0 Å². The van der Waals surface area contributed by atoms with Gasteiger partial charge in [0.1, 0.15) is 23.0 Å². The number of carboxylic acids is 1. The van der Waals surface area contributed by atoms with Gasteiger partial charge >= 0.3 is 12.0 Å². The second kappa shape index (κ2) is 8.30. The Labute approximate surface area is 132 Å². The molecule has 8 heteroatoms. The lowest BCUT2D eigenvalue weighted by Crippen LogP contribution is -2.46. The molecule has 0 fully saturated rings. The average molecular weight is 330 g/mol. The molecule has 0 radical (unpaired) electrons. The zero-order valence-electron chi connectivity index (χ0n) is 13.0. The van der Waals surface area contributed by atoms with Crippen LogP contribution in [0.3, 0.4) is 0 Å². The predicted molar refractivity (Wildman–Crippen MR) is 79.3 cm³/mol. The molecule has 128 valence electrons. The quantitative estimate of drug-likeness (QED) is 0.638. The van der Waals surface area contributed by atoms with Crippen molar-refractivity contribution in [1.29, 1.82) is 0 Å². The first-order chi connectivity index (χ1) is 10.7. The van der Waals surface area contributed by atoms with Gasteiger partial charge in [0.2, 0.25) is 0 Å². The summed E-state index contributed by atoms with van der Waals surface area (Å²) >= 11 is 0. The highest BCUT2D eigenvalue weighted by molar-refractivity contribution is 5.74. The molecule has 0 saturated carbocycles. The molecule has 0 unspecified atom stereocenters. The zero-order chi connectivity index (χ0) is 17.5. The maximum Gasteiger partial charge on any atom is 0.314 e. The first-order valence-electron chi connectivity index (χ1n) is 7.06. The Morgan fingerprint density at radius 1 is 1.17 bits per heavy atom. The monoisotopic (exact) mass is 330 g/mol. The molecule has 0 bridgehead atoms. The summed E-state index contributed by atoms with van der Waals surface area (Å²) in [5.41, 5.74) is -0.890. The molecule has 0 aliphatic heterocycles. The zero-order valence-corrected chi connectivity index (χ0v) is 13.0. The fraction of sp³-hybridized carbons (Fsp3) is 0.467. The standard InChI is InChI=1S/C15H20F2N2O4/c1-15(2,23-12-7-10(16)6-11(17)8-12)9-19-14(22)18-5-3-4-13(20)21/h6-8H,3-5,9H2,1-2H3,(H,20,21)(H2,18,19,22). The van der Waals surface area contributed by atoms with Crippen molar-refractivity contribution in [3.8, 4) is 5.75 Å². The topological polar surface area (TPSA) is 87.7 Å². The number of nitrogens with one attached hydrogen (secondary N) is 2. The average Bonchev–Trinajstić information content (AvgIpc) is 2.39. The van der Waals surface area contributed by atoms with Crippen LogP contribution in [0.25, 0.3) is 0 Å². The van der Waals surface area contributed by atoms with Gasteiger partial charge in [-0.15, -0.1) is 0 Å². The number of urea groups is 1. The summed E-state index contributed by atoms with van der Waals surface area (Å²) in [5, 5.41) is 13.5. The molecule has 1 aromatic rings. The Morgan fingerprint density at radius 3 is 2.35 bits per heavy atom. The third kappa shape index (κ3) is 7.98. The van der Waals surface area contributed by atoms with Gasteiger partial charge in [-0.2, -0.15) is 0 Å². The minimum Gasteiger partial charge on any atom is -0.486 e. The van der Waals surface area contributed by atoms with E-state index < -0.39 is 29.2 Å². The summed E-state index contributed by atoms with van der Waals surface area (Å²) in [4.78, 5) is 21.9. The molecule has 1 rings (SSSR count). The SMILES string of the molecule is CC(C)(CNC(=O)NCCCC(=O)O)Oc1cc(F)cc(F)c1. The van der Waals surface area contributed by atoms with Crippen LogP contribution in [-0.4, -0.2) is 35.8 Å². The van der Waals surface area contributed by atoms with E-state index in [-0.39, 0.29) is 25.3 Å². The lowest BCUT2D eigenvalue weighted by Gasteiger charge is -2.27. The van der Waals surface area contributed by atoms with Gasteiger partial charge in [0.05, 0.1) is 6.54 Å². The number of carbonyl (C=O) groups is 2. The molecule has 3 N–H and O–H groups in total. The first-order valence-corrected chi connectivity index (χ1v) is 7.06. The van der Waals surface area contributed by atoms with E-state index in [1.165, 1.54) is 0 Å². The van der Waals surface area contributed by atoms with Crippen molar-refractivity contribution in [3.05, 3.63) is 29.8 Å². The summed E-state index contributed by atoms with van der Waals surface area (Å²) in [7, 11) is 0. The number of rotatable bonds is 8. The van der Waals surface area contributed by atoms with E-state index in [1.54, 1.807) is 13.8 Å². The fourth-order valence-electron chi connectivity index (χ4n) is 1.74. The van der Waals surface area contributed by atoms with Crippen LogP contribution in [0, 0.1) is 11.6 Å². The van der Waals surface area contributed by atoms with Crippen LogP contribution < -0.4 is 15.4 Å². The van der Waals surface area contributed by atoms with Crippen LogP contribution in [0.5, 0.6) is 5.75 Å². The van der Waals surface area contributed by atoms with E-state index in [9.17, 15) is 18.4 Å². The third-order valence-electron chi connectivity index (χ3n) is 2.76. The Kier molecular flexibility index (Phi) is 6.74. The Morgan fingerprint density at radius 2 is 1.78 bits per heavy atom. The maximum atomic E-state index is 13.1. The molecule has 6 nitrogen and oxygen atoms in total. The van der Waals surface area contributed by atoms with Gasteiger partial charge in [-0.3, -0.25) is 4.79 Å². The van der Waals surface area contributed by atoms with Crippen molar-refractivity contribution in [3.63, 3.8) is 0 Å². The number of carboxylic acid groups (broad SMARTS) is 1. The highest BCUT2D eigenvalue weighted by Crippen LogP contribution is 2.20. The summed E-state index contributed by atoms with van der Waals surface area (Å²) < 4.78 is 31.7. The minimum atomic E-state index is -0.927. The fourth-order valence-corrected chi connectivity index (χ4v) is 1.74. The number of ether oxygens (including phenoxy) is 1. The molecule has 0 aliphatic carbocycles. The molecular weight excluding hydrogens is 310 g/mol. The molecule has 2 amide bonds. The van der Waals surface area contributed by atoms with Crippen molar-refractivity contribution in [1.82, 2.24) is 10.6 Å². The number of halogens is 2. The highest BCUT2D eigenvalue weighted by Gasteiger charge is 2.21. The summed E-state index contributed by atoms with van der Waals surface area (Å²) in [6.07, 6.45) is 0.297. The van der Waals surface area contributed by atoms with Gasteiger partial charge in [0, 0.05) is 31.2 Å². The van der Waals surface area contributed by atoms with E-state index in [4.69, 9.17) is 9.84 Å². The number of amides is 2. The van der Waals surface area contributed by atoms with E-state index in [2.05, 4.69) is 10.6 Å². The smallest absolute Gasteiger partial charge is 0.314 e. The lowest BCUT2D eigenvalue weighted by atomic mass is 10.1. The Hall–Kier alpha value is -2.38. The maximum absolute atomic E-state index is 13.1. The van der Waals surface area contributed by atoms with E-state index in [0.29, 0.717) is 6.42 Å². The molecule has 23 heavy (non-hydrogen) atoms. The van der Waals surface area contributed by atoms with Crippen LogP contribution in [0.4, 0.5) is 13.6 Å². The first kappa shape index (κ1) is 18.7. The molecular formula is C15H20F2N2O4. The number of carbonyl (C=O) groups excluding carboxylic acids is 1. The molecule has 1 aromatic carbocycles. The van der Waals surface area contributed by atoms with Crippen molar-refractivity contribution < 1.29 is 28.2 Å². The van der Waals surface area contributed by atoms with E-state index in [0.717, 1.165) is 18.2 Å². The van der Waals surface area contributed by atoms with Crippen LogP contribution in [0.2, 0.25) is 0 Å². The van der Waals surface area contributed by atoms with Gasteiger partial charge in [-0.25, -0.2) is 13.6 Å². The Balaban J connectivity index is 2.39. The predicted octanol–water partition coefficient (Wildman–Crippen LogP) is 2.29. The number of benzene rings is 1. The van der Waals surface area contributed by atoms with E-state index >= 15 is 0 Å². The lowest BCUT2D eigenvalue weighted by molar-refractivity contribution is -0.137. The van der Waals surface area contributed by atoms with Gasteiger partial charge in [0.25, 0.3) is 0 Å². The molecule has 0 spiro atoms. The number of aliphatic carboxylic acids is 1. The second-order valence-electron chi connectivity index (χ2n) is 5.57. The van der Waals surface area contributed by atoms with Crippen molar-refractivity contribution in [2.24, 2.45) is 0 Å². The van der Waals surface area contributed by atoms with Crippen molar-refractivity contribution in [2.45, 2.75) is 32.3 Å². The summed E-state index contributed by atoms with van der Waals surface area (Å²) in [6, 6.07) is 2.37. The van der Waals surface area contributed by atoms with Crippen LogP contribution in [0.15, 0.2) is 18.2 Å². The molecule has 0 aliphatic rings. The van der Waals surface area contributed by atoms with Crippen LogP contribution in [-0.2, 0) is 4.79 Å². The molecule has 0 heterocycles. The number of hydrogen-bond donors (Lipinski definition) is 3. The van der Waals surface area contributed by atoms with Gasteiger partial charge in [-0.05, 0) is 20.3 Å². The van der Waals surface area contributed by atoms with Crippen LogP contribution in [0.1, 0.15) is 26.7 Å². The van der Waals surface area contributed by atoms with Crippen LogP contribution >= 0.6 is 0 Å². The van der Waals surface area contributed by atoms with Crippen molar-refractivity contribution in [2.75, 3.05) is 13.1 Å². The molecule has 0 aromatic heterocycles. The summed E-state index contributed by atoms with van der Waals surface area (Å²) in [5.74, 6) is -2.40. The van der Waals surface area contributed by atoms with Gasteiger partial charge < -0.3 is 20.5 Å². The minimum absolute atomic E-state index is 0.0242. The second-order valence-corrected chi connectivity index (χ2v) is 5.57. The Bertz CT molecular complexity index is 544. The number of hydrogen-bond acceptors (Lipinski definition) is 3. The highest BCUT2D eigenvalue weighted by atomic mass is 19.1.